The first-order valence-corrected chi connectivity index (χ1v) is 12.5. The number of carbonyl (C=O) groups excluding carboxylic acids is 3. The molecule has 0 saturated heterocycles. The van der Waals surface area contributed by atoms with Crippen molar-refractivity contribution < 1.29 is 23.2 Å². The van der Waals surface area contributed by atoms with Crippen LogP contribution < -0.4 is 15.5 Å². The lowest BCUT2D eigenvalue weighted by Gasteiger charge is -2.31. The van der Waals surface area contributed by atoms with Crippen LogP contribution in [0.4, 0.5) is 5.69 Å². The zero-order chi connectivity index (χ0) is 25.8. The molecule has 5 rings (SSSR count). The maximum atomic E-state index is 13.9. The Morgan fingerprint density at radius 3 is 2.49 bits per heavy atom. The van der Waals surface area contributed by atoms with Crippen LogP contribution in [0.3, 0.4) is 0 Å². The van der Waals surface area contributed by atoms with Crippen molar-refractivity contribution in [3.8, 4) is 0 Å². The second-order valence-corrected chi connectivity index (χ2v) is 9.26. The molecule has 0 aliphatic heterocycles. The van der Waals surface area contributed by atoms with E-state index in [2.05, 4.69) is 10.6 Å². The first-order chi connectivity index (χ1) is 18.0. The monoisotopic (exact) mass is 499 g/mol. The minimum Gasteiger partial charge on any atom is -0.464 e. The van der Waals surface area contributed by atoms with Gasteiger partial charge in [0.25, 0.3) is 11.8 Å². The molecule has 8 nitrogen and oxygen atoms in total. The number of nitrogens with one attached hydrogen (secondary N) is 2. The summed E-state index contributed by atoms with van der Waals surface area (Å²) in [5.74, 6) is -0.216. The van der Waals surface area contributed by atoms with Gasteiger partial charge in [0, 0.05) is 11.4 Å². The molecule has 1 aliphatic rings. The maximum Gasteiger partial charge on any atom is 0.287 e. The average Bonchev–Trinajstić information content (AvgIpc) is 3.69. The lowest BCUT2D eigenvalue weighted by atomic mass is 10.0. The van der Waals surface area contributed by atoms with E-state index in [-0.39, 0.29) is 24.3 Å². The molecular formula is C29H29N3O5. The van der Waals surface area contributed by atoms with E-state index in [1.54, 1.807) is 31.2 Å². The van der Waals surface area contributed by atoms with E-state index in [0.717, 1.165) is 36.5 Å². The van der Waals surface area contributed by atoms with Gasteiger partial charge >= 0.3 is 0 Å². The van der Waals surface area contributed by atoms with Crippen molar-refractivity contribution in [2.75, 3.05) is 11.4 Å². The summed E-state index contributed by atoms with van der Waals surface area (Å²) in [5.41, 5.74) is 0.552. The van der Waals surface area contributed by atoms with Crippen LogP contribution in [0.1, 0.15) is 53.8 Å². The smallest absolute Gasteiger partial charge is 0.287 e. The zero-order valence-corrected chi connectivity index (χ0v) is 20.6. The van der Waals surface area contributed by atoms with E-state index < -0.39 is 17.9 Å². The van der Waals surface area contributed by atoms with Crippen LogP contribution in [0.15, 0.2) is 81.8 Å². The van der Waals surface area contributed by atoms with Gasteiger partial charge in [-0.1, -0.05) is 49.2 Å². The molecule has 190 valence electrons. The van der Waals surface area contributed by atoms with Gasteiger partial charge in [-0.3, -0.25) is 19.3 Å². The van der Waals surface area contributed by atoms with Crippen LogP contribution in [0.2, 0.25) is 0 Å². The number of rotatable bonds is 8. The molecule has 4 aromatic rings. The maximum absolute atomic E-state index is 13.9. The van der Waals surface area contributed by atoms with Gasteiger partial charge < -0.3 is 19.5 Å². The fourth-order valence-corrected chi connectivity index (χ4v) is 4.90. The highest BCUT2D eigenvalue weighted by molar-refractivity contribution is 6.09. The highest BCUT2D eigenvalue weighted by Crippen LogP contribution is 2.35. The van der Waals surface area contributed by atoms with E-state index in [1.165, 1.54) is 17.2 Å². The van der Waals surface area contributed by atoms with E-state index in [0.29, 0.717) is 17.2 Å². The quantitative estimate of drug-likeness (QED) is 0.359. The molecule has 1 saturated carbocycles. The van der Waals surface area contributed by atoms with Crippen molar-refractivity contribution in [2.45, 2.75) is 44.7 Å². The highest BCUT2D eigenvalue weighted by atomic mass is 16.3. The fourth-order valence-electron chi connectivity index (χ4n) is 4.90. The molecule has 2 N–H and O–H groups in total. The van der Waals surface area contributed by atoms with Crippen molar-refractivity contribution in [2.24, 2.45) is 0 Å². The third-order valence-electron chi connectivity index (χ3n) is 6.68. The van der Waals surface area contributed by atoms with Crippen LogP contribution in [-0.4, -0.2) is 30.3 Å². The Kier molecular flexibility index (Phi) is 7.07. The first-order valence-electron chi connectivity index (χ1n) is 12.5. The van der Waals surface area contributed by atoms with Crippen LogP contribution in [0.25, 0.3) is 10.8 Å². The van der Waals surface area contributed by atoms with Crippen LogP contribution in [-0.2, 0) is 9.59 Å². The van der Waals surface area contributed by atoms with Gasteiger partial charge in [0.05, 0.1) is 18.5 Å². The molecule has 8 heteroatoms. The standard InChI is InChI=1S/C29H29N3O5/c1-19-15-16-24(37-19)27(29(35)31-21-10-3-4-11-21)32(23-13-6-9-20-8-2-5-12-22(20)23)26(33)18-30-28(34)25-14-7-17-36-25/h2,5-9,12-17,21,27H,3-4,10-11,18H2,1H3,(H,30,34)(H,31,35)/t27-/m0/s1. The molecule has 2 aromatic carbocycles. The van der Waals surface area contributed by atoms with Crippen LogP contribution >= 0.6 is 0 Å². The van der Waals surface area contributed by atoms with Gasteiger partial charge in [0.1, 0.15) is 11.5 Å². The molecule has 0 radical (unpaired) electrons. The fraction of sp³-hybridized carbons (Fsp3) is 0.276. The van der Waals surface area contributed by atoms with Crippen molar-refractivity contribution in [3.63, 3.8) is 0 Å². The molecule has 2 aromatic heterocycles. The van der Waals surface area contributed by atoms with Gasteiger partial charge in [-0.25, -0.2) is 0 Å². The third-order valence-corrected chi connectivity index (χ3v) is 6.68. The van der Waals surface area contributed by atoms with Gasteiger partial charge in [-0.05, 0) is 55.5 Å². The van der Waals surface area contributed by atoms with Crippen molar-refractivity contribution >= 4 is 34.2 Å². The molecule has 0 bridgehead atoms. The van der Waals surface area contributed by atoms with E-state index in [9.17, 15) is 14.4 Å². The lowest BCUT2D eigenvalue weighted by molar-refractivity contribution is -0.127. The number of benzene rings is 2. The summed E-state index contributed by atoms with van der Waals surface area (Å²) in [4.78, 5) is 41.7. The van der Waals surface area contributed by atoms with E-state index in [1.807, 2.05) is 36.4 Å². The molecule has 2 heterocycles. The Morgan fingerprint density at radius 1 is 0.973 bits per heavy atom. The molecule has 1 aliphatic carbocycles. The second kappa shape index (κ2) is 10.7. The summed E-state index contributed by atoms with van der Waals surface area (Å²) in [6, 6.07) is 18.9. The van der Waals surface area contributed by atoms with Crippen molar-refractivity contribution in [1.82, 2.24) is 10.6 Å². The molecule has 37 heavy (non-hydrogen) atoms. The minimum absolute atomic E-state index is 0.0502. The molecule has 3 amide bonds. The Morgan fingerprint density at radius 2 is 1.76 bits per heavy atom. The largest absolute Gasteiger partial charge is 0.464 e. The molecule has 1 fully saturated rings. The number of furan rings is 2. The number of anilines is 1. The molecule has 1 atom stereocenters. The summed E-state index contributed by atoms with van der Waals surface area (Å²) in [6.07, 6.45) is 5.30. The summed E-state index contributed by atoms with van der Waals surface area (Å²) in [7, 11) is 0. The van der Waals surface area contributed by atoms with Gasteiger partial charge in [0.2, 0.25) is 5.91 Å². The predicted molar refractivity (Wildman–Crippen MR) is 139 cm³/mol. The number of carbonyl (C=O) groups is 3. The Hall–Kier alpha value is -4.33. The molecule has 0 unspecified atom stereocenters. The number of aryl methyl sites for hydroxylation is 1. The second-order valence-electron chi connectivity index (χ2n) is 9.26. The van der Waals surface area contributed by atoms with E-state index in [4.69, 9.17) is 8.83 Å². The number of nitrogens with zero attached hydrogens (tertiary/aromatic N) is 1. The third kappa shape index (κ3) is 5.28. The van der Waals surface area contributed by atoms with Gasteiger partial charge in [0.15, 0.2) is 11.8 Å². The SMILES string of the molecule is Cc1ccc([C@@H](C(=O)NC2CCCC2)N(C(=O)CNC(=O)c2ccco2)c2cccc3ccccc23)o1. The van der Waals surface area contributed by atoms with Gasteiger partial charge in [-0.2, -0.15) is 0 Å². The summed E-state index contributed by atoms with van der Waals surface area (Å²) in [6.45, 7) is 1.46. The molecular weight excluding hydrogens is 470 g/mol. The average molecular weight is 500 g/mol. The number of hydrogen-bond donors (Lipinski definition) is 2. The Bertz CT molecular complexity index is 1400. The van der Waals surface area contributed by atoms with E-state index >= 15 is 0 Å². The summed E-state index contributed by atoms with van der Waals surface area (Å²) in [5, 5.41) is 7.48. The first kappa shape index (κ1) is 24.4. The summed E-state index contributed by atoms with van der Waals surface area (Å²) >= 11 is 0. The Balaban J connectivity index is 1.55. The highest BCUT2D eigenvalue weighted by Gasteiger charge is 2.37. The minimum atomic E-state index is -1.06. The summed E-state index contributed by atoms with van der Waals surface area (Å²) < 4.78 is 11.1. The van der Waals surface area contributed by atoms with Crippen LogP contribution in [0.5, 0.6) is 0 Å². The topological polar surface area (TPSA) is 105 Å². The number of amides is 3. The lowest BCUT2D eigenvalue weighted by Crippen LogP contribution is -2.49. The van der Waals surface area contributed by atoms with Crippen LogP contribution in [0, 0.1) is 6.92 Å². The predicted octanol–water partition coefficient (Wildman–Crippen LogP) is 4.90. The molecule has 0 spiro atoms. The Labute approximate surface area is 214 Å². The number of hydrogen-bond acceptors (Lipinski definition) is 5. The zero-order valence-electron chi connectivity index (χ0n) is 20.6. The van der Waals surface area contributed by atoms with Gasteiger partial charge in [-0.15, -0.1) is 0 Å². The van der Waals surface area contributed by atoms with Crippen molar-refractivity contribution in [3.05, 3.63) is 90.3 Å². The number of fused-ring (bicyclic) bond motifs is 1. The van der Waals surface area contributed by atoms with Crippen molar-refractivity contribution in [1.29, 1.82) is 0 Å². The normalized spacial score (nSPS) is 14.4.